The molecule has 6 nitrogen and oxygen atoms in total. The van der Waals surface area contributed by atoms with Crippen LogP contribution >= 0.6 is 11.3 Å². The van der Waals surface area contributed by atoms with Crippen molar-refractivity contribution < 1.29 is 4.92 Å². The van der Waals surface area contributed by atoms with Gasteiger partial charge in [-0.3, -0.25) is 10.1 Å². The number of nitro groups is 1. The third-order valence-corrected chi connectivity index (χ3v) is 4.58. The number of aryl methyl sites for hydroxylation is 3. The summed E-state index contributed by atoms with van der Waals surface area (Å²) >= 11 is 1.70. The molecular weight excluding hydrogens is 288 g/mol. The van der Waals surface area contributed by atoms with E-state index in [1.807, 2.05) is 13.8 Å². The van der Waals surface area contributed by atoms with Crippen molar-refractivity contribution in [3.63, 3.8) is 0 Å². The predicted octanol–water partition coefficient (Wildman–Crippen LogP) is 3.74. The Hall–Kier alpha value is -1.89. The number of aromatic nitrogens is 2. The predicted molar refractivity (Wildman–Crippen MR) is 85.1 cm³/mol. The standard InChI is InChI=1S/C14H20N4O2S/c1-8(2)12-13(18(19)20)14(17(5)16-12)15-7-11-6-9(3)10(4)21-11/h6,8,15H,7H2,1-5H3. The number of anilines is 1. The molecule has 114 valence electrons. The third-order valence-electron chi connectivity index (χ3n) is 3.42. The van der Waals surface area contributed by atoms with E-state index in [4.69, 9.17) is 0 Å². The fraction of sp³-hybridized carbons (Fsp3) is 0.500. The van der Waals surface area contributed by atoms with Crippen LogP contribution in [0.2, 0.25) is 0 Å². The summed E-state index contributed by atoms with van der Waals surface area (Å²) in [7, 11) is 1.73. The van der Waals surface area contributed by atoms with Gasteiger partial charge in [-0.25, -0.2) is 4.68 Å². The van der Waals surface area contributed by atoms with Gasteiger partial charge in [-0.05, 0) is 25.5 Å². The number of hydrogen-bond donors (Lipinski definition) is 1. The van der Waals surface area contributed by atoms with Crippen molar-refractivity contribution in [1.82, 2.24) is 9.78 Å². The number of nitrogens with one attached hydrogen (secondary N) is 1. The van der Waals surface area contributed by atoms with Gasteiger partial charge >= 0.3 is 5.69 Å². The minimum atomic E-state index is -0.352. The molecule has 0 saturated carbocycles. The maximum absolute atomic E-state index is 11.3. The van der Waals surface area contributed by atoms with Gasteiger partial charge in [0.25, 0.3) is 0 Å². The molecular formula is C14H20N4O2S. The summed E-state index contributed by atoms with van der Waals surface area (Å²) in [5, 5.41) is 18.8. The van der Waals surface area contributed by atoms with Crippen molar-refractivity contribution in [1.29, 1.82) is 0 Å². The quantitative estimate of drug-likeness (QED) is 0.674. The number of rotatable bonds is 5. The number of hydrogen-bond acceptors (Lipinski definition) is 5. The molecule has 7 heteroatoms. The molecule has 0 saturated heterocycles. The molecule has 0 radical (unpaired) electrons. The minimum absolute atomic E-state index is 0.0124. The van der Waals surface area contributed by atoms with Crippen LogP contribution in [0.5, 0.6) is 0 Å². The maximum atomic E-state index is 11.3. The molecule has 0 spiro atoms. The van der Waals surface area contributed by atoms with Crippen molar-refractivity contribution in [2.45, 2.75) is 40.2 Å². The maximum Gasteiger partial charge on any atom is 0.334 e. The second-order valence-electron chi connectivity index (χ2n) is 5.42. The van der Waals surface area contributed by atoms with E-state index >= 15 is 0 Å². The zero-order valence-corrected chi connectivity index (χ0v) is 13.7. The van der Waals surface area contributed by atoms with E-state index in [0.717, 1.165) is 4.88 Å². The van der Waals surface area contributed by atoms with Crippen LogP contribution in [0.1, 0.15) is 40.8 Å². The van der Waals surface area contributed by atoms with E-state index in [0.29, 0.717) is 18.1 Å². The van der Waals surface area contributed by atoms with Crippen molar-refractivity contribution in [2.24, 2.45) is 7.05 Å². The van der Waals surface area contributed by atoms with Crippen LogP contribution in [0, 0.1) is 24.0 Å². The first-order valence-electron chi connectivity index (χ1n) is 6.82. The van der Waals surface area contributed by atoms with Gasteiger partial charge in [0.1, 0.15) is 5.69 Å². The van der Waals surface area contributed by atoms with E-state index in [2.05, 4.69) is 30.3 Å². The SMILES string of the molecule is Cc1cc(CNc2c([N+](=O)[O-])c(C(C)C)nn2C)sc1C. The van der Waals surface area contributed by atoms with E-state index < -0.39 is 0 Å². The average Bonchev–Trinajstić information content (AvgIpc) is 2.88. The summed E-state index contributed by atoms with van der Waals surface area (Å²) in [4.78, 5) is 13.4. The fourth-order valence-electron chi connectivity index (χ4n) is 2.21. The van der Waals surface area contributed by atoms with Gasteiger partial charge < -0.3 is 5.32 Å². The molecule has 0 bridgehead atoms. The molecule has 0 aliphatic heterocycles. The lowest BCUT2D eigenvalue weighted by molar-refractivity contribution is -0.384. The molecule has 2 aromatic rings. The summed E-state index contributed by atoms with van der Waals surface area (Å²) in [6.07, 6.45) is 0. The van der Waals surface area contributed by atoms with Crippen LogP contribution in [0.25, 0.3) is 0 Å². The Morgan fingerprint density at radius 3 is 2.62 bits per heavy atom. The molecule has 0 atom stereocenters. The van der Waals surface area contributed by atoms with Crippen LogP contribution < -0.4 is 5.32 Å². The Kier molecular flexibility index (Phi) is 4.32. The second kappa shape index (κ2) is 5.85. The highest BCUT2D eigenvalue weighted by Gasteiger charge is 2.28. The zero-order valence-electron chi connectivity index (χ0n) is 12.9. The summed E-state index contributed by atoms with van der Waals surface area (Å²) in [6, 6.07) is 2.11. The smallest absolute Gasteiger partial charge is 0.334 e. The monoisotopic (exact) mass is 308 g/mol. The largest absolute Gasteiger partial charge is 0.360 e. The van der Waals surface area contributed by atoms with Gasteiger partial charge in [-0.2, -0.15) is 5.10 Å². The average molecular weight is 308 g/mol. The molecule has 0 aromatic carbocycles. The topological polar surface area (TPSA) is 73.0 Å². The Morgan fingerprint density at radius 1 is 1.48 bits per heavy atom. The lowest BCUT2D eigenvalue weighted by Crippen LogP contribution is -2.05. The number of thiophene rings is 1. The number of nitrogens with zero attached hydrogens (tertiary/aromatic N) is 3. The van der Waals surface area contributed by atoms with Gasteiger partial charge in [0.15, 0.2) is 0 Å². The fourth-order valence-corrected chi connectivity index (χ4v) is 3.20. The van der Waals surface area contributed by atoms with Crippen molar-refractivity contribution in [2.75, 3.05) is 5.32 Å². The Balaban J connectivity index is 2.29. The zero-order chi connectivity index (χ0) is 15.7. The molecule has 0 aliphatic carbocycles. The summed E-state index contributed by atoms with van der Waals surface area (Å²) < 4.78 is 1.56. The van der Waals surface area contributed by atoms with E-state index in [1.165, 1.54) is 10.4 Å². The molecule has 0 fully saturated rings. The lowest BCUT2D eigenvalue weighted by atomic mass is 10.1. The third kappa shape index (κ3) is 3.07. The highest BCUT2D eigenvalue weighted by molar-refractivity contribution is 7.12. The highest BCUT2D eigenvalue weighted by Crippen LogP contribution is 2.33. The van der Waals surface area contributed by atoms with Gasteiger partial charge in [-0.15, -0.1) is 11.3 Å². The Morgan fingerprint density at radius 2 is 2.14 bits per heavy atom. The van der Waals surface area contributed by atoms with Gasteiger partial charge in [-0.1, -0.05) is 13.8 Å². The molecule has 0 aliphatic rings. The van der Waals surface area contributed by atoms with Crippen LogP contribution in [-0.2, 0) is 13.6 Å². The van der Waals surface area contributed by atoms with Crippen LogP contribution in [0.3, 0.4) is 0 Å². The molecule has 0 amide bonds. The Labute approximate surface area is 127 Å². The summed E-state index contributed by atoms with van der Waals surface area (Å²) in [5.41, 5.74) is 1.85. The minimum Gasteiger partial charge on any atom is -0.360 e. The molecule has 1 N–H and O–H groups in total. The highest BCUT2D eigenvalue weighted by atomic mass is 32.1. The first kappa shape index (κ1) is 15.5. The van der Waals surface area contributed by atoms with Crippen LogP contribution in [0.15, 0.2) is 6.07 Å². The molecule has 2 heterocycles. The van der Waals surface area contributed by atoms with Gasteiger partial charge in [0, 0.05) is 22.7 Å². The van der Waals surface area contributed by atoms with Crippen molar-refractivity contribution in [3.8, 4) is 0 Å². The molecule has 2 aromatic heterocycles. The van der Waals surface area contributed by atoms with Gasteiger partial charge in [0.05, 0.1) is 11.5 Å². The molecule has 21 heavy (non-hydrogen) atoms. The Bertz CT molecular complexity index is 653. The van der Waals surface area contributed by atoms with E-state index in [9.17, 15) is 10.1 Å². The molecule has 2 rings (SSSR count). The van der Waals surface area contributed by atoms with Gasteiger partial charge in [0.2, 0.25) is 5.82 Å². The normalized spacial score (nSPS) is 11.1. The van der Waals surface area contributed by atoms with Crippen molar-refractivity contribution >= 4 is 22.8 Å². The first-order valence-corrected chi connectivity index (χ1v) is 7.64. The lowest BCUT2D eigenvalue weighted by Gasteiger charge is -2.04. The molecule has 0 unspecified atom stereocenters. The second-order valence-corrected chi connectivity index (χ2v) is 6.76. The van der Waals surface area contributed by atoms with E-state index in [-0.39, 0.29) is 16.5 Å². The summed E-state index contributed by atoms with van der Waals surface area (Å²) in [5.74, 6) is 0.478. The summed E-state index contributed by atoms with van der Waals surface area (Å²) in [6.45, 7) is 8.53. The first-order chi connectivity index (χ1) is 9.81. The van der Waals surface area contributed by atoms with Crippen molar-refractivity contribution in [3.05, 3.63) is 37.2 Å². The van der Waals surface area contributed by atoms with E-state index in [1.54, 1.807) is 23.1 Å². The van der Waals surface area contributed by atoms with Crippen LogP contribution in [0.4, 0.5) is 11.5 Å². The van der Waals surface area contributed by atoms with Crippen LogP contribution in [-0.4, -0.2) is 14.7 Å².